The van der Waals surface area contributed by atoms with Gasteiger partial charge in [-0.05, 0) is 74.9 Å². The molecule has 2 fully saturated rings. The number of aryl methyl sites for hydroxylation is 1. The maximum atomic E-state index is 13.8. The molecule has 0 amide bonds. The van der Waals surface area contributed by atoms with Crippen molar-refractivity contribution in [1.82, 2.24) is 9.88 Å². The lowest BCUT2D eigenvalue weighted by atomic mass is 9.89. The van der Waals surface area contributed by atoms with Crippen LogP contribution in [0, 0.1) is 18.7 Å². The Balaban J connectivity index is 1.52. The van der Waals surface area contributed by atoms with Gasteiger partial charge in [-0.1, -0.05) is 6.07 Å². The number of nitrogens with zero attached hydrogens (tertiary/aromatic N) is 3. The van der Waals surface area contributed by atoms with Crippen molar-refractivity contribution in [3.05, 3.63) is 59.7 Å². The van der Waals surface area contributed by atoms with E-state index in [0.717, 1.165) is 38.2 Å². The van der Waals surface area contributed by atoms with Gasteiger partial charge in [0.25, 0.3) is 0 Å². The van der Waals surface area contributed by atoms with Crippen LogP contribution < -0.4 is 4.90 Å². The Hall–Kier alpha value is -1.94. The second-order valence-electron chi connectivity index (χ2n) is 8.52. The summed E-state index contributed by atoms with van der Waals surface area (Å²) >= 11 is 0. The molecule has 1 aromatic heterocycles. The lowest BCUT2D eigenvalue weighted by Gasteiger charge is -2.42. The van der Waals surface area contributed by atoms with Gasteiger partial charge in [-0.2, -0.15) is 0 Å². The molecule has 138 valence electrons. The van der Waals surface area contributed by atoms with E-state index in [1.807, 2.05) is 18.5 Å². The maximum Gasteiger partial charge on any atom is 0.125 e. The highest BCUT2D eigenvalue weighted by atomic mass is 19.1. The lowest BCUT2D eigenvalue weighted by molar-refractivity contribution is 0.161. The molecule has 1 aromatic carbocycles. The molecule has 2 aliphatic heterocycles. The van der Waals surface area contributed by atoms with Gasteiger partial charge in [0.1, 0.15) is 5.82 Å². The van der Waals surface area contributed by atoms with Gasteiger partial charge in [0.2, 0.25) is 0 Å². The molecule has 2 saturated heterocycles. The molecule has 0 N–H and O–H groups in total. The van der Waals surface area contributed by atoms with Crippen LogP contribution >= 0.6 is 0 Å². The molecule has 4 heteroatoms. The van der Waals surface area contributed by atoms with Crippen molar-refractivity contribution in [2.24, 2.45) is 5.92 Å². The summed E-state index contributed by atoms with van der Waals surface area (Å²) in [6, 6.07) is 9.75. The average Bonchev–Trinajstić information content (AvgIpc) is 2.86. The minimum atomic E-state index is -0.146. The van der Waals surface area contributed by atoms with Crippen LogP contribution in [0.4, 0.5) is 10.1 Å². The Morgan fingerprint density at radius 1 is 1.27 bits per heavy atom. The number of hydrogen-bond acceptors (Lipinski definition) is 3. The number of hydrogen-bond donors (Lipinski definition) is 0. The number of rotatable bonds is 3. The number of aromatic nitrogens is 1. The summed E-state index contributed by atoms with van der Waals surface area (Å²) in [5.74, 6) is 0.483. The predicted octanol–water partition coefficient (Wildman–Crippen LogP) is 4.41. The van der Waals surface area contributed by atoms with E-state index in [1.54, 1.807) is 6.07 Å². The molecule has 0 radical (unpaired) electrons. The Kier molecular flexibility index (Phi) is 4.47. The molecule has 26 heavy (non-hydrogen) atoms. The van der Waals surface area contributed by atoms with Gasteiger partial charge < -0.3 is 4.90 Å². The molecule has 0 bridgehead atoms. The molecular weight excluding hydrogens is 325 g/mol. The van der Waals surface area contributed by atoms with E-state index in [1.165, 1.54) is 17.2 Å². The molecule has 3 nitrogen and oxygen atoms in total. The van der Waals surface area contributed by atoms with Crippen molar-refractivity contribution in [2.75, 3.05) is 18.0 Å². The summed E-state index contributed by atoms with van der Waals surface area (Å²) in [6.45, 7) is 9.94. The van der Waals surface area contributed by atoms with Crippen LogP contribution in [0.5, 0.6) is 0 Å². The largest absolute Gasteiger partial charge is 0.363 e. The maximum absolute atomic E-state index is 13.8. The van der Waals surface area contributed by atoms with Crippen LogP contribution in [0.15, 0.2) is 42.7 Å². The third-order valence-electron chi connectivity index (χ3n) is 6.14. The van der Waals surface area contributed by atoms with Crippen molar-refractivity contribution in [1.29, 1.82) is 0 Å². The number of benzene rings is 1. The molecular formula is C22H28FN3. The molecule has 0 saturated carbocycles. The third-order valence-corrected chi connectivity index (χ3v) is 6.14. The highest BCUT2D eigenvalue weighted by Gasteiger charge is 2.48. The van der Waals surface area contributed by atoms with Crippen LogP contribution in [0.3, 0.4) is 0 Å². The van der Waals surface area contributed by atoms with Crippen molar-refractivity contribution < 1.29 is 4.39 Å². The van der Waals surface area contributed by atoms with E-state index >= 15 is 0 Å². The first kappa shape index (κ1) is 17.5. The standard InChI is InChI=1S/C22H28FN3/c1-16-13-24-9-7-17(16)14-25-10-8-21-18(15-25)12-22(2,3)26(21)20-6-4-5-19(23)11-20/h4-7,9,11,13,18,21H,8,10,12,14-15H2,1-3H3/t18-,21+/m1/s1. The molecule has 0 spiro atoms. The number of pyridine rings is 1. The molecule has 2 aliphatic rings. The van der Waals surface area contributed by atoms with Gasteiger partial charge in [0, 0.05) is 49.3 Å². The molecule has 3 heterocycles. The van der Waals surface area contributed by atoms with Crippen molar-refractivity contribution in [3.63, 3.8) is 0 Å². The van der Waals surface area contributed by atoms with Crippen LogP contribution in [0.25, 0.3) is 0 Å². The summed E-state index contributed by atoms with van der Waals surface area (Å²) in [5.41, 5.74) is 3.73. The van der Waals surface area contributed by atoms with E-state index in [2.05, 4.69) is 47.7 Å². The second-order valence-corrected chi connectivity index (χ2v) is 8.52. The minimum absolute atomic E-state index is 0.0612. The number of piperidine rings is 1. The molecule has 0 unspecified atom stereocenters. The van der Waals surface area contributed by atoms with E-state index in [0.29, 0.717) is 12.0 Å². The summed E-state index contributed by atoms with van der Waals surface area (Å²) in [5, 5.41) is 0. The Morgan fingerprint density at radius 3 is 2.88 bits per heavy atom. The zero-order chi connectivity index (χ0) is 18.3. The molecule has 2 atom stereocenters. The van der Waals surface area contributed by atoms with Crippen LogP contribution in [0.1, 0.15) is 37.8 Å². The predicted molar refractivity (Wildman–Crippen MR) is 104 cm³/mol. The topological polar surface area (TPSA) is 19.4 Å². The Morgan fingerprint density at radius 2 is 2.12 bits per heavy atom. The number of fused-ring (bicyclic) bond motifs is 1. The van der Waals surface area contributed by atoms with Gasteiger partial charge in [-0.15, -0.1) is 0 Å². The average molecular weight is 353 g/mol. The van der Waals surface area contributed by atoms with Crippen LogP contribution in [-0.4, -0.2) is 34.6 Å². The van der Waals surface area contributed by atoms with Crippen LogP contribution in [0.2, 0.25) is 0 Å². The second kappa shape index (κ2) is 6.66. The Labute approximate surface area is 155 Å². The summed E-state index contributed by atoms with van der Waals surface area (Å²) in [4.78, 5) is 9.26. The van der Waals surface area contributed by atoms with Crippen molar-refractivity contribution in [3.8, 4) is 0 Å². The fraction of sp³-hybridized carbons (Fsp3) is 0.500. The first-order chi connectivity index (χ1) is 12.4. The number of anilines is 1. The fourth-order valence-electron chi connectivity index (χ4n) is 5.06. The van der Waals surface area contributed by atoms with Crippen molar-refractivity contribution >= 4 is 5.69 Å². The minimum Gasteiger partial charge on any atom is -0.363 e. The zero-order valence-electron chi connectivity index (χ0n) is 16.0. The van der Waals surface area contributed by atoms with E-state index in [-0.39, 0.29) is 11.4 Å². The lowest BCUT2D eigenvalue weighted by Crippen LogP contribution is -2.48. The summed E-state index contributed by atoms with van der Waals surface area (Å²) in [6.07, 6.45) is 6.13. The molecule has 0 aliphatic carbocycles. The monoisotopic (exact) mass is 353 g/mol. The van der Waals surface area contributed by atoms with E-state index in [9.17, 15) is 4.39 Å². The smallest absolute Gasteiger partial charge is 0.125 e. The SMILES string of the molecule is Cc1cnccc1CN1CC[C@H]2[C@@H](C1)CC(C)(C)N2c1cccc(F)c1. The van der Waals surface area contributed by atoms with Gasteiger partial charge in [-0.25, -0.2) is 4.39 Å². The van der Waals surface area contributed by atoms with Gasteiger partial charge in [0.15, 0.2) is 0 Å². The van der Waals surface area contributed by atoms with Crippen molar-refractivity contribution in [2.45, 2.75) is 51.7 Å². The highest BCUT2D eigenvalue weighted by Crippen LogP contribution is 2.44. The highest BCUT2D eigenvalue weighted by molar-refractivity contribution is 5.52. The fourth-order valence-corrected chi connectivity index (χ4v) is 5.06. The third kappa shape index (κ3) is 3.23. The van der Waals surface area contributed by atoms with Gasteiger partial charge in [-0.3, -0.25) is 9.88 Å². The van der Waals surface area contributed by atoms with Gasteiger partial charge in [0.05, 0.1) is 0 Å². The van der Waals surface area contributed by atoms with E-state index in [4.69, 9.17) is 0 Å². The zero-order valence-corrected chi connectivity index (χ0v) is 16.0. The molecule has 2 aromatic rings. The quantitative estimate of drug-likeness (QED) is 0.815. The molecule has 4 rings (SSSR count). The van der Waals surface area contributed by atoms with Gasteiger partial charge >= 0.3 is 0 Å². The summed E-state index contributed by atoms with van der Waals surface area (Å²) < 4.78 is 13.8. The van der Waals surface area contributed by atoms with E-state index < -0.39 is 0 Å². The first-order valence-electron chi connectivity index (χ1n) is 9.61. The first-order valence-corrected chi connectivity index (χ1v) is 9.61. The van der Waals surface area contributed by atoms with Crippen LogP contribution in [-0.2, 0) is 6.54 Å². The number of likely N-dealkylation sites (tertiary alicyclic amines) is 1. The number of halogens is 1. The Bertz CT molecular complexity index is 788. The normalized spacial score (nSPS) is 25.3. The summed E-state index contributed by atoms with van der Waals surface area (Å²) in [7, 11) is 0.